The molecule has 0 saturated carbocycles. The van der Waals surface area contributed by atoms with E-state index in [0.717, 1.165) is 0 Å². The summed E-state index contributed by atoms with van der Waals surface area (Å²) in [6.07, 6.45) is 5.00. The van der Waals surface area contributed by atoms with Crippen LogP contribution in [0.2, 0.25) is 0 Å². The molecule has 0 unspecified atom stereocenters. The van der Waals surface area contributed by atoms with Crippen molar-refractivity contribution in [2.45, 2.75) is 178 Å². The van der Waals surface area contributed by atoms with E-state index in [4.69, 9.17) is 0 Å². The van der Waals surface area contributed by atoms with Gasteiger partial charge in [0.05, 0.1) is 0 Å². The fourth-order valence-corrected chi connectivity index (χ4v) is 0.667. The molecule has 28 heteroatoms. The number of hydrogen-bond acceptors (Lipinski definition) is 0. The first-order chi connectivity index (χ1) is 14.5. The van der Waals surface area contributed by atoms with Crippen molar-refractivity contribution < 1.29 is 916 Å². The summed E-state index contributed by atoms with van der Waals surface area (Å²) in [4.78, 5) is 0. The van der Waals surface area contributed by atoms with Gasteiger partial charge in [-0.2, -0.15) is 0 Å². The topological polar surface area (TPSA) is 0 Å². The van der Waals surface area contributed by atoms with Gasteiger partial charge in [0.2, 0.25) is 0 Å². The third-order valence-corrected chi connectivity index (χ3v) is 2.30. The molecule has 0 aromatic carbocycles. The molecule has 364 valence electrons. The van der Waals surface area contributed by atoms with E-state index in [0.29, 0.717) is 11.8 Å². The standard InChI is InChI=1S/C9H18.4C3H8.5C2H6.10CH3.28Y/c1-7(2)9(5,6)8(3)4;4*1-3-2;5*1-2;;;;;;;;;;;;;;;;;;;;;;;;;;;;;;;;;;;;;;/h7-8H,5-6H2,1-4H3;4*3H2,1-2H3;5*1-2H3;10*1H3;;;;;;;;;;;;;;;;;;;;;;;;;;;;/q-2;;;;;;;;;;10*-1;;;;;;;;;;;;;;;;;;;;;;;;;;;2*+3. The molecule has 0 aromatic rings. The van der Waals surface area contributed by atoms with Crippen molar-refractivity contribution in [3.8, 4) is 0 Å². The average molecular weight is 3090 g/mol. The Hall–Kier alpha value is 30.9. The van der Waals surface area contributed by atoms with Crippen LogP contribution < -0.4 is 0 Å². The third kappa shape index (κ3) is 505. The SMILES string of the molecule is CC.CC.CC.CC.CC.CCC.CCC.CCC.CCC.[CH2-]C([CH2-])(C(C)C)C(C)C.[CH3-].[CH3-].[CH3-].[CH3-].[CH3-].[CH3-].[CH3-].[CH3-].[CH3-].[CH3-].[Y+3].[Y+3].[Y].[Y].[Y].[Y].[Y].[Y].[Y].[Y].[Y].[Y].[Y].[Y].[Y].[Y].[Y].[Y].[Y].[Y].[Y].[Y].[Y].[Y].[Y].[Y].[Y].[Y]. The molecule has 0 aliphatic carbocycles. The molecular weight excluding hydrogens is 2980 g/mol. The van der Waals surface area contributed by atoms with Crippen LogP contribution in [0.3, 0.4) is 0 Å². The fraction of sp³-hybridized carbons (Fsp3) is 0.707. The molecule has 0 N–H and O–H groups in total. The van der Waals surface area contributed by atoms with Crippen LogP contribution in [0, 0.1) is 105 Å². The monoisotopic (exact) mass is 3090 g/mol. The maximum atomic E-state index is 4.06. The van der Waals surface area contributed by atoms with Crippen molar-refractivity contribution in [1.29, 1.82) is 0 Å². The van der Waals surface area contributed by atoms with Crippen LogP contribution in [-0.4, -0.2) is 0 Å². The number of rotatable bonds is 2. The second-order valence-electron chi connectivity index (χ2n) is 6.37. The predicted octanol–water partition coefficient (Wildman–Crippen LogP) is 18.2. The maximum Gasteiger partial charge on any atom is 3.00 e. The summed E-state index contributed by atoms with van der Waals surface area (Å²) in [5, 5.41) is 0. The van der Waals surface area contributed by atoms with Crippen molar-refractivity contribution in [3.05, 3.63) is 88.1 Å². The molecule has 0 amide bonds. The summed E-state index contributed by atoms with van der Waals surface area (Å²) in [6.45, 7) is 53.8. The van der Waals surface area contributed by atoms with Gasteiger partial charge in [-0.15, -0.1) is 0 Å². The Kier molecular flexibility index (Phi) is 2270. The zero-order chi connectivity index (χ0) is 28.5. The van der Waals surface area contributed by atoms with Crippen LogP contribution in [0.25, 0.3) is 0 Å². The van der Waals surface area contributed by atoms with E-state index in [-0.39, 0.29) is 996 Å². The van der Waals surface area contributed by atoms with Gasteiger partial charge in [-0.05, 0) is 0 Å². The van der Waals surface area contributed by atoms with Crippen LogP contribution in [0.15, 0.2) is 0 Å². The van der Waals surface area contributed by atoms with Crippen LogP contribution in [-0.2, 0) is 916 Å². The van der Waals surface area contributed by atoms with E-state index < -0.39 is 0 Å². The third-order valence-electron chi connectivity index (χ3n) is 2.30. The van der Waals surface area contributed by atoms with Gasteiger partial charge in [-0.3, -0.25) is 5.41 Å². The molecule has 0 fully saturated rings. The van der Waals surface area contributed by atoms with E-state index in [1.807, 2.05) is 69.2 Å². The van der Waals surface area contributed by atoms with Gasteiger partial charge in [0.25, 0.3) is 0 Å². The molecule has 0 heterocycles. The second kappa shape index (κ2) is 431. The Bertz CT molecular complexity index is 169. The van der Waals surface area contributed by atoms with Gasteiger partial charge < -0.3 is 88.1 Å². The quantitative estimate of drug-likeness (QED) is 0.242. The van der Waals surface area contributed by atoms with Gasteiger partial charge in [0, 0.05) is 850 Å². The second-order valence-corrected chi connectivity index (χ2v) is 6.37. The Labute approximate surface area is 1160 Å². The van der Waals surface area contributed by atoms with E-state index in [2.05, 4.69) is 96.9 Å². The van der Waals surface area contributed by atoms with E-state index in [1.54, 1.807) is 0 Å². The van der Waals surface area contributed by atoms with Crippen molar-refractivity contribution in [1.82, 2.24) is 0 Å². The first-order valence-electron chi connectivity index (χ1n) is 14.3. The van der Waals surface area contributed by atoms with Crippen molar-refractivity contribution in [3.63, 3.8) is 0 Å². The summed E-state index contributed by atoms with van der Waals surface area (Å²) in [6, 6.07) is 0. The minimum absolute atomic E-state index is 0. The zero-order valence-electron chi connectivity index (χ0n) is 54.1. The van der Waals surface area contributed by atoms with Crippen LogP contribution in [0.4, 0.5) is 0 Å². The molecule has 0 aliphatic rings. The molecule has 0 spiro atoms. The van der Waals surface area contributed by atoms with Gasteiger partial charge in [0.15, 0.2) is 0 Å². The van der Waals surface area contributed by atoms with Gasteiger partial charge in [0.1, 0.15) is 0 Å². The summed E-state index contributed by atoms with van der Waals surface area (Å²) < 4.78 is 0. The molecule has 0 nitrogen and oxygen atoms in total. The first kappa shape index (κ1) is 363. The summed E-state index contributed by atoms with van der Waals surface area (Å²) >= 11 is 0. The van der Waals surface area contributed by atoms with Gasteiger partial charge in [-0.1, -0.05) is 190 Å². The average Bonchev–Trinajstić information content (AvgIpc) is 2.77. The minimum Gasteiger partial charge on any atom is -0.366 e. The van der Waals surface area contributed by atoms with Crippen LogP contribution >= 0.6 is 0 Å². The van der Waals surface area contributed by atoms with Gasteiger partial charge in [-0.25, -0.2) is 0 Å². The Morgan fingerprint density at radius 1 is 0.217 bits per heavy atom. The molecular formula is C41H110Y28-6. The van der Waals surface area contributed by atoms with E-state index >= 15 is 0 Å². The molecule has 0 aliphatic heterocycles. The molecule has 0 saturated heterocycles. The van der Waals surface area contributed by atoms with Crippen molar-refractivity contribution in [2.75, 3.05) is 0 Å². The largest absolute Gasteiger partial charge is 3.00 e. The molecule has 26 radical (unpaired) electrons. The summed E-state index contributed by atoms with van der Waals surface area (Å²) in [5.74, 6) is 1.13. The first-order valence-corrected chi connectivity index (χ1v) is 14.3. The fourth-order valence-electron chi connectivity index (χ4n) is 0.667. The smallest absolute Gasteiger partial charge is 0.366 e. The maximum absolute atomic E-state index is 4.06. The van der Waals surface area contributed by atoms with E-state index in [1.165, 1.54) is 25.7 Å². The van der Waals surface area contributed by atoms with Crippen molar-refractivity contribution >= 4 is 0 Å². The summed E-state index contributed by atoms with van der Waals surface area (Å²) in [5.41, 5.74) is 0.000000000000000222. The Morgan fingerprint density at radius 3 is 0.246 bits per heavy atom. The molecule has 0 aromatic heterocycles. The predicted molar refractivity (Wildman–Crippen MR) is 228 cm³/mol. The molecule has 0 rings (SSSR count). The zero-order valence-corrected chi connectivity index (χ0v) is 134. The normalized spacial score (nSPS) is 3.22. The van der Waals surface area contributed by atoms with E-state index in [9.17, 15) is 0 Å². The van der Waals surface area contributed by atoms with Crippen LogP contribution in [0.1, 0.15) is 178 Å². The number of hydrogen-bond donors (Lipinski definition) is 0. The Balaban J connectivity index is -0.00000000150. The van der Waals surface area contributed by atoms with Crippen molar-refractivity contribution in [2.24, 2.45) is 17.3 Å². The molecule has 0 bridgehead atoms. The molecule has 69 heavy (non-hydrogen) atoms. The van der Waals surface area contributed by atoms with Gasteiger partial charge >= 0.3 is 65.4 Å². The minimum atomic E-state index is 0. The van der Waals surface area contributed by atoms with Crippen LogP contribution in [0.5, 0.6) is 0 Å². The summed E-state index contributed by atoms with van der Waals surface area (Å²) in [7, 11) is 0. The Morgan fingerprint density at radius 2 is 0.246 bits per heavy atom. The molecule has 0 atom stereocenters.